The Morgan fingerprint density at radius 3 is 2.69 bits per heavy atom. The fourth-order valence-corrected chi connectivity index (χ4v) is 4.51. The van der Waals surface area contributed by atoms with Crippen LogP contribution >= 0.6 is 11.3 Å². The van der Waals surface area contributed by atoms with Crippen molar-refractivity contribution in [3.8, 4) is 22.8 Å². The molecule has 4 rings (SSSR count). The normalized spacial score (nSPS) is 11.0. The summed E-state index contributed by atoms with van der Waals surface area (Å²) in [6.45, 7) is 3.37. The van der Waals surface area contributed by atoms with Gasteiger partial charge in [-0.25, -0.2) is 4.98 Å². The van der Waals surface area contributed by atoms with Gasteiger partial charge in [0.1, 0.15) is 11.5 Å². The highest BCUT2D eigenvalue weighted by molar-refractivity contribution is 7.15. The van der Waals surface area contributed by atoms with Gasteiger partial charge in [0.05, 0.1) is 26.3 Å². The van der Waals surface area contributed by atoms with Crippen LogP contribution in [0, 0.1) is 0 Å². The van der Waals surface area contributed by atoms with Crippen LogP contribution in [0.5, 0.6) is 11.5 Å². The molecule has 0 spiro atoms. The van der Waals surface area contributed by atoms with Gasteiger partial charge in [-0.1, -0.05) is 0 Å². The third-order valence-corrected chi connectivity index (χ3v) is 6.34. The minimum absolute atomic E-state index is 0.107. The number of hydrogen-bond donors (Lipinski definition) is 0. The average Bonchev–Trinajstić information content (AvgIpc) is 3.41. The van der Waals surface area contributed by atoms with Crippen LogP contribution in [0.4, 0.5) is 0 Å². The molecule has 7 nitrogen and oxygen atoms in total. The Morgan fingerprint density at radius 1 is 1.16 bits per heavy atom. The van der Waals surface area contributed by atoms with E-state index in [1.807, 2.05) is 58.1 Å². The SMILES string of the molecule is CCN(CCc1ccncc1)C(=O)Cc1csc2nc(-c3cc(OC)ccc3OC)cn12. The maximum Gasteiger partial charge on any atom is 0.228 e. The molecule has 1 aromatic carbocycles. The molecule has 0 aliphatic heterocycles. The summed E-state index contributed by atoms with van der Waals surface area (Å²) < 4.78 is 12.9. The Kier molecular flexibility index (Phi) is 6.70. The monoisotopic (exact) mass is 450 g/mol. The fourth-order valence-electron chi connectivity index (χ4n) is 3.64. The molecule has 0 aliphatic rings. The highest BCUT2D eigenvalue weighted by Crippen LogP contribution is 2.34. The van der Waals surface area contributed by atoms with Crippen LogP contribution in [-0.4, -0.2) is 52.5 Å². The second-order valence-corrected chi connectivity index (χ2v) is 8.16. The molecule has 1 amide bonds. The van der Waals surface area contributed by atoms with E-state index in [-0.39, 0.29) is 5.91 Å². The lowest BCUT2D eigenvalue weighted by Crippen LogP contribution is -2.34. The smallest absolute Gasteiger partial charge is 0.228 e. The van der Waals surface area contributed by atoms with Crippen LogP contribution in [0.3, 0.4) is 0 Å². The van der Waals surface area contributed by atoms with Crippen molar-refractivity contribution in [1.29, 1.82) is 0 Å². The molecule has 32 heavy (non-hydrogen) atoms. The number of carbonyl (C=O) groups excluding carboxylic acids is 1. The van der Waals surface area contributed by atoms with Crippen LogP contribution in [0.15, 0.2) is 54.3 Å². The molecule has 0 bridgehead atoms. The Balaban J connectivity index is 1.53. The molecule has 0 N–H and O–H groups in total. The Hall–Kier alpha value is -3.39. The molecular formula is C24H26N4O3S. The topological polar surface area (TPSA) is 69.0 Å². The first-order chi connectivity index (χ1) is 15.6. The number of nitrogens with zero attached hydrogens (tertiary/aromatic N) is 4. The number of pyridine rings is 1. The van der Waals surface area contributed by atoms with Gasteiger partial charge in [-0.2, -0.15) is 0 Å². The molecule has 8 heteroatoms. The highest BCUT2D eigenvalue weighted by atomic mass is 32.1. The van der Waals surface area contributed by atoms with Crippen LogP contribution in [-0.2, 0) is 17.6 Å². The lowest BCUT2D eigenvalue weighted by molar-refractivity contribution is -0.130. The Labute approximate surface area is 191 Å². The molecule has 0 saturated heterocycles. The van der Waals surface area contributed by atoms with Gasteiger partial charge in [0, 0.05) is 48.3 Å². The average molecular weight is 451 g/mol. The van der Waals surface area contributed by atoms with Crippen LogP contribution in [0.25, 0.3) is 16.2 Å². The number of fused-ring (bicyclic) bond motifs is 1. The standard InChI is InChI=1S/C24H26N4O3S/c1-4-27(12-9-17-7-10-25-11-8-17)23(29)13-18-16-32-24-26-21(15-28(18)24)20-14-19(30-2)5-6-22(20)31-3/h5-8,10-11,14-16H,4,9,12-13H2,1-3H3. The fraction of sp³-hybridized carbons (Fsp3) is 0.292. The highest BCUT2D eigenvalue weighted by Gasteiger charge is 2.18. The van der Waals surface area contributed by atoms with Gasteiger partial charge >= 0.3 is 0 Å². The molecule has 0 aliphatic carbocycles. The van der Waals surface area contributed by atoms with Crippen molar-refractivity contribution in [3.63, 3.8) is 0 Å². The zero-order chi connectivity index (χ0) is 22.5. The summed E-state index contributed by atoms with van der Waals surface area (Å²) in [4.78, 5) is 24.6. The van der Waals surface area contributed by atoms with Gasteiger partial charge in [0.25, 0.3) is 0 Å². The molecule has 0 atom stereocenters. The quantitative estimate of drug-likeness (QED) is 0.384. The van der Waals surface area contributed by atoms with Crippen LogP contribution < -0.4 is 9.47 Å². The molecule has 0 unspecified atom stereocenters. The van der Waals surface area contributed by atoms with Crippen molar-refractivity contribution in [2.24, 2.45) is 0 Å². The maximum absolute atomic E-state index is 13.0. The number of ether oxygens (including phenoxy) is 2. The number of methoxy groups -OCH3 is 2. The van der Waals surface area contributed by atoms with Gasteiger partial charge in [0.15, 0.2) is 4.96 Å². The molecule has 0 radical (unpaired) electrons. The zero-order valence-electron chi connectivity index (χ0n) is 18.4. The van der Waals surface area contributed by atoms with Gasteiger partial charge in [-0.3, -0.25) is 14.2 Å². The molecule has 0 saturated carbocycles. The largest absolute Gasteiger partial charge is 0.497 e. The number of imidazole rings is 1. The van der Waals surface area contributed by atoms with Crippen LogP contribution in [0.2, 0.25) is 0 Å². The third-order valence-electron chi connectivity index (χ3n) is 5.45. The van der Waals surface area contributed by atoms with Gasteiger partial charge < -0.3 is 14.4 Å². The van der Waals surface area contributed by atoms with Crippen molar-refractivity contribution in [3.05, 3.63) is 65.6 Å². The Bertz CT molecular complexity index is 1200. The summed E-state index contributed by atoms with van der Waals surface area (Å²) in [5.41, 5.74) is 3.74. The van der Waals surface area contributed by atoms with E-state index in [1.165, 1.54) is 16.9 Å². The number of thiazole rings is 1. The van der Waals surface area contributed by atoms with Crippen molar-refractivity contribution < 1.29 is 14.3 Å². The molecule has 166 valence electrons. The summed E-state index contributed by atoms with van der Waals surface area (Å²) >= 11 is 1.53. The molecule has 3 heterocycles. The molecule has 0 fully saturated rings. The first-order valence-corrected chi connectivity index (χ1v) is 11.4. The predicted octanol–water partition coefficient (Wildman–Crippen LogP) is 4.11. The third kappa shape index (κ3) is 4.60. The first kappa shape index (κ1) is 21.8. The van der Waals surface area contributed by atoms with E-state index in [9.17, 15) is 4.79 Å². The van der Waals surface area contributed by atoms with E-state index in [0.717, 1.165) is 39.8 Å². The summed E-state index contributed by atoms with van der Waals surface area (Å²) in [6.07, 6.45) is 6.66. The molecular weight excluding hydrogens is 424 g/mol. The number of hydrogen-bond acceptors (Lipinski definition) is 6. The van der Waals surface area contributed by atoms with Crippen molar-refractivity contribution >= 4 is 22.2 Å². The number of rotatable bonds is 9. The van der Waals surface area contributed by atoms with Crippen molar-refractivity contribution in [1.82, 2.24) is 19.3 Å². The van der Waals surface area contributed by atoms with E-state index in [1.54, 1.807) is 26.6 Å². The van der Waals surface area contributed by atoms with E-state index in [0.29, 0.717) is 19.5 Å². The van der Waals surface area contributed by atoms with E-state index < -0.39 is 0 Å². The minimum Gasteiger partial charge on any atom is -0.497 e. The summed E-state index contributed by atoms with van der Waals surface area (Å²) in [5.74, 6) is 1.57. The summed E-state index contributed by atoms with van der Waals surface area (Å²) in [7, 11) is 3.27. The van der Waals surface area contributed by atoms with Gasteiger partial charge in [-0.05, 0) is 49.2 Å². The van der Waals surface area contributed by atoms with Crippen LogP contribution in [0.1, 0.15) is 18.2 Å². The van der Waals surface area contributed by atoms with E-state index in [2.05, 4.69) is 4.98 Å². The number of aromatic nitrogens is 3. The second kappa shape index (κ2) is 9.82. The van der Waals surface area contributed by atoms with Gasteiger partial charge in [-0.15, -0.1) is 11.3 Å². The number of benzene rings is 1. The zero-order valence-corrected chi connectivity index (χ0v) is 19.3. The van der Waals surface area contributed by atoms with E-state index >= 15 is 0 Å². The number of carbonyl (C=O) groups is 1. The lowest BCUT2D eigenvalue weighted by atomic mass is 10.1. The minimum atomic E-state index is 0.107. The van der Waals surface area contributed by atoms with Gasteiger partial charge in [0.2, 0.25) is 5.91 Å². The second-order valence-electron chi connectivity index (χ2n) is 7.33. The number of likely N-dealkylation sites (N-methyl/N-ethyl adjacent to an activating group) is 1. The summed E-state index contributed by atoms with van der Waals surface area (Å²) in [6, 6.07) is 9.61. The predicted molar refractivity (Wildman–Crippen MR) is 126 cm³/mol. The lowest BCUT2D eigenvalue weighted by Gasteiger charge is -2.20. The number of amides is 1. The van der Waals surface area contributed by atoms with E-state index in [4.69, 9.17) is 14.5 Å². The molecule has 4 aromatic rings. The van der Waals surface area contributed by atoms with Crippen molar-refractivity contribution in [2.45, 2.75) is 19.8 Å². The Morgan fingerprint density at radius 2 is 1.97 bits per heavy atom. The maximum atomic E-state index is 13.0. The van der Waals surface area contributed by atoms with Crippen molar-refractivity contribution in [2.75, 3.05) is 27.3 Å². The summed E-state index contributed by atoms with van der Waals surface area (Å²) in [5, 5.41) is 2.00. The first-order valence-electron chi connectivity index (χ1n) is 10.5. The molecule has 3 aromatic heterocycles.